The van der Waals surface area contributed by atoms with Gasteiger partial charge in [0.1, 0.15) is 5.82 Å². The number of amides is 1. The predicted octanol–water partition coefficient (Wildman–Crippen LogP) is 3.48. The molecule has 2 aromatic carbocycles. The molecule has 5 nitrogen and oxygen atoms in total. The molecular weight excluding hydrogens is 379 g/mol. The molecule has 0 aromatic heterocycles. The smallest absolute Gasteiger partial charge is 0.244 e. The van der Waals surface area contributed by atoms with E-state index in [0.717, 1.165) is 24.2 Å². The van der Waals surface area contributed by atoms with E-state index in [0.29, 0.717) is 5.56 Å². The Balaban J connectivity index is 1.50. The van der Waals surface area contributed by atoms with Gasteiger partial charge in [-0.1, -0.05) is 30.3 Å². The van der Waals surface area contributed by atoms with Crippen molar-refractivity contribution in [2.75, 3.05) is 11.0 Å². The molecule has 7 heteroatoms. The number of nitrogens with one attached hydrogen (secondary N) is 2. The predicted molar refractivity (Wildman–Crippen MR) is 109 cm³/mol. The van der Waals surface area contributed by atoms with Crippen molar-refractivity contribution in [1.29, 1.82) is 0 Å². The Morgan fingerprint density at radius 2 is 1.82 bits per heavy atom. The first-order valence-corrected chi connectivity index (χ1v) is 11.0. The first kappa shape index (κ1) is 20.1. The third kappa shape index (κ3) is 6.49. The minimum atomic E-state index is -3.55. The van der Waals surface area contributed by atoms with E-state index >= 15 is 0 Å². The molecule has 148 valence electrons. The second kappa shape index (κ2) is 8.56. The Kier molecular flexibility index (Phi) is 6.14. The van der Waals surface area contributed by atoms with Crippen LogP contribution in [0.1, 0.15) is 29.5 Å². The van der Waals surface area contributed by atoms with E-state index in [1.807, 2.05) is 12.1 Å². The average Bonchev–Trinajstić information content (AvgIpc) is 3.44. The maximum absolute atomic E-state index is 13.9. The van der Waals surface area contributed by atoms with Gasteiger partial charge in [0.15, 0.2) is 0 Å². The Hall–Kier alpha value is -2.67. The molecule has 0 spiro atoms. The van der Waals surface area contributed by atoms with Gasteiger partial charge in [-0.05, 0) is 60.1 Å². The van der Waals surface area contributed by atoms with Gasteiger partial charge in [-0.2, -0.15) is 0 Å². The summed E-state index contributed by atoms with van der Waals surface area (Å²) in [6, 6.07) is 12.2. The fraction of sp³-hybridized carbons (Fsp3) is 0.286. The number of halogens is 1. The van der Waals surface area contributed by atoms with Crippen molar-refractivity contribution in [3.63, 3.8) is 0 Å². The van der Waals surface area contributed by atoms with Crippen molar-refractivity contribution in [2.45, 2.75) is 25.8 Å². The largest absolute Gasteiger partial charge is 0.348 e. The van der Waals surface area contributed by atoms with Gasteiger partial charge in [-0.25, -0.2) is 12.8 Å². The van der Waals surface area contributed by atoms with Crippen LogP contribution in [-0.2, 0) is 27.8 Å². The van der Waals surface area contributed by atoms with Crippen LogP contribution in [0.3, 0.4) is 0 Å². The fourth-order valence-electron chi connectivity index (χ4n) is 2.79. The van der Waals surface area contributed by atoms with E-state index in [1.165, 1.54) is 36.6 Å². The van der Waals surface area contributed by atoms with Crippen LogP contribution in [0.4, 0.5) is 10.1 Å². The highest BCUT2D eigenvalue weighted by molar-refractivity contribution is 7.92. The summed E-state index contributed by atoms with van der Waals surface area (Å²) in [7, 11) is -3.55. The van der Waals surface area contributed by atoms with E-state index in [2.05, 4.69) is 22.2 Å². The lowest BCUT2D eigenvalue weighted by atomic mass is 10.1. The van der Waals surface area contributed by atoms with Gasteiger partial charge >= 0.3 is 0 Å². The number of hydrogen-bond acceptors (Lipinski definition) is 3. The number of anilines is 1. The molecule has 1 fully saturated rings. The Labute approximate surface area is 164 Å². The van der Waals surface area contributed by atoms with Gasteiger partial charge in [-0.3, -0.25) is 9.52 Å². The summed E-state index contributed by atoms with van der Waals surface area (Å²) in [4.78, 5) is 12.0. The molecule has 0 aliphatic heterocycles. The molecule has 1 aliphatic carbocycles. The summed E-state index contributed by atoms with van der Waals surface area (Å²) in [5.74, 6) is -0.145. The van der Waals surface area contributed by atoms with E-state index in [-0.39, 0.29) is 18.1 Å². The van der Waals surface area contributed by atoms with Gasteiger partial charge in [-0.15, -0.1) is 0 Å². The Morgan fingerprint density at radius 3 is 2.43 bits per heavy atom. The molecule has 1 saturated carbocycles. The zero-order chi connectivity index (χ0) is 20.1. The van der Waals surface area contributed by atoms with Crippen LogP contribution < -0.4 is 10.0 Å². The molecule has 1 amide bonds. The molecular formula is C21H23FN2O3S. The molecule has 2 aromatic rings. The third-order valence-electron chi connectivity index (χ3n) is 4.42. The van der Waals surface area contributed by atoms with E-state index in [4.69, 9.17) is 0 Å². The van der Waals surface area contributed by atoms with Crippen LogP contribution in [0.15, 0.2) is 48.5 Å². The maximum Gasteiger partial charge on any atom is 0.244 e. The highest BCUT2D eigenvalue weighted by Crippen LogP contribution is 2.32. The van der Waals surface area contributed by atoms with E-state index in [9.17, 15) is 17.6 Å². The normalized spacial score (nSPS) is 14.2. The molecule has 0 unspecified atom stereocenters. The Bertz CT molecular complexity index is 981. The van der Waals surface area contributed by atoms with E-state index in [1.54, 1.807) is 12.1 Å². The number of hydrogen-bond donors (Lipinski definition) is 2. The van der Waals surface area contributed by atoms with Crippen molar-refractivity contribution in [2.24, 2.45) is 5.92 Å². The second-order valence-corrected chi connectivity index (χ2v) is 8.88. The monoisotopic (exact) mass is 402 g/mol. The molecule has 0 radical (unpaired) electrons. The van der Waals surface area contributed by atoms with Crippen molar-refractivity contribution in [3.8, 4) is 0 Å². The van der Waals surface area contributed by atoms with Crippen LogP contribution in [0, 0.1) is 11.7 Å². The topological polar surface area (TPSA) is 75.3 Å². The SMILES string of the molecule is CS(=O)(=O)Nc1ccc(CNC(=O)/C=C/c2ccc(CC3CC3)cc2)cc1F. The minimum Gasteiger partial charge on any atom is -0.348 e. The van der Waals surface area contributed by atoms with Gasteiger partial charge in [0.25, 0.3) is 0 Å². The molecule has 1 aliphatic rings. The lowest BCUT2D eigenvalue weighted by molar-refractivity contribution is -0.116. The highest BCUT2D eigenvalue weighted by Gasteiger charge is 2.21. The number of carbonyl (C=O) groups excluding carboxylic acids is 1. The van der Waals surface area contributed by atoms with Gasteiger partial charge in [0.2, 0.25) is 15.9 Å². The summed E-state index contributed by atoms with van der Waals surface area (Å²) < 4.78 is 38.4. The second-order valence-electron chi connectivity index (χ2n) is 7.13. The molecule has 28 heavy (non-hydrogen) atoms. The molecule has 0 heterocycles. The number of carbonyl (C=O) groups is 1. The standard InChI is InChI=1S/C21H23FN2O3S/c1-28(26,27)24-20-10-8-18(13-19(20)22)14-23-21(25)11-9-15-2-4-16(5-3-15)12-17-6-7-17/h2-5,8-11,13,17,24H,6-7,12,14H2,1H3,(H,23,25)/b11-9+. The van der Waals surface area contributed by atoms with Gasteiger partial charge in [0.05, 0.1) is 11.9 Å². The van der Waals surface area contributed by atoms with Crippen molar-refractivity contribution < 1.29 is 17.6 Å². The fourth-order valence-corrected chi connectivity index (χ4v) is 3.36. The van der Waals surface area contributed by atoms with Crippen molar-refractivity contribution in [3.05, 3.63) is 71.0 Å². The quantitative estimate of drug-likeness (QED) is 0.664. The highest BCUT2D eigenvalue weighted by atomic mass is 32.2. The number of sulfonamides is 1. The van der Waals surface area contributed by atoms with Crippen LogP contribution in [0.25, 0.3) is 6.08 Å². The summed E-state index contributed by atoms with van der Waals surface area (Å²) in [6.45, 7) is 0.138. The molecule has 2 N–H and O–H groups in total. The average molecular weight is 402 g/mol. The van der Waals surface area contributed by atoms with Crippen LogP contribution in [0.5, 0.6) is 0 Å². The van der Waals surface area contributed by atoms with Crippen LogP contribution in [-0.4, -0.2) is 20.6 Å². The van der Waals surface area contributed by atoms with Crippen LogP contribution >= 0.6 is 0 Å². The van der Waals surface area contributed by atoms with Crippen molar-refractivity contribution >= 4 is 27.7 Å². The van der Waals surface area contributed by atoms with Gasteiger partial charge < -0.3 is 5.32 Å². The molecule has 0 saturated heterocycles. The van der Waals surface area contributed by atoms with Crippen LogP contribution in [0.2, 0.25) is 0 Å². The zero-order valence-corrected chi connectivity index (χ0v) is 16.4. The third-order valence-corrected chi connectivity index (χ3v) is 5.01. The van der Waals surface area contributed by atoms with Gasteiger partial charge in [0, 0.05) is 12.6 Å². The number of rotatable bonds is 8. The number of benzene rings is 2. The first-order valence-electron chi connectivity index (χ1n) is 9.09. The lowest BCUT2D eigenvalue weighted by Crippen LogP contribution is -2.20. The molecule has 0 atom stereocenters. The maximum atomic E-state index is 13.9. The van der Waals surface area contributed by atoms with E-state index < -0.39 is 15.8 Å². The summed E-state index contributed by atoms with van der Waals surface area (Å²) in [5.41, 5.74) is 2.67. The Morgan fingerprint density at radius 1 is 1.14 bits per heavy atom. The first-order chi connectivity index (χ1) is 13.3. The van der Waals surface area contributed by atoms with Crippen molar-refractivity contribution in [1.82, 2.24) is 5.32 Å². The lowest BCUT2D eigenvalue weighted by Gasteiger charge is -2.08. The zero-order valence-electron chi connectivity index (χ0n) is 15.6. The molecule has 0 bridgehead atoms. The summed E-state index contributed by atoms with van der Waals surface area (Å²) in [6.07, 6.45) is 7.89. The summed E-state index contributed by atoms with van der Waals surface area (Å²) in [5, 5.41) is 2.68. The molecule has 3 rings (SSSR count). The minimum absolute atomic E-state index is 0.123. The summed E-state index contributed by atoms with van der Waals surface area (Å²) >= 11 is 0.